The molecule has 0 spiro atoms. The number of hydrogen-bond acceptors (Lipinski definition) is 0. The predicted octanol–water partition coefficient (Wildman–Crippen LogP) is 5.82. The fourth-order valence-corrected chi connectivity index (χ4v) is 17.5. The Labute approximate surface area is 132 Å². The van der Waals surface area contributed by atoms with Crippen LogP contribution in [0.25, 0.3) is 6.08 Å². The van der Waals surface area contributed by atoms with Gasteiger partial charge in [-0.05, 0) is 23.2 Å². The zero-order valence-electron chi connectivity index (χ0n) is 13.9. The van der Waals surface area contributed by atoms with Gasteiger partial charge in [-0.25, -0.2) is 0 Å². The van der Waals surface area contributed by atoms with Crippen molar-refractivity contribution in [3.63, 3.8) is 0 Å². The van der Waals surface area contributed by atoms with E-state index < -0.39 is 16.1 Å². The Morgan fingerprint density at radius 1 is 0.952 bits per heavy atom. The Hall–Kier alpha value is -1.13. The molecule has 2 heteroatoms. The molecule has 0 atom stereocenters. The number of hydrogen-bond donors (Lipinski definition) is 0. The van der Waals surface area contributed by atoms with Crippen LogP contribution in [0.1, 0.15) is 11.1 Å². The lowest BCUT2D eigenvalue weighted by molar-refractivity contribution is 0.964. The van der Waals surface area contributed by atoms with Gasteiger partial charge >= 0.3 is 0 Å². The van der Waals surface area contributed by atoms with E-state index in [1.54, 1.807) is 5.56 Å². The van der Waals surface area contributed by atoms with Gasteiger partial charge in [0, 0.05) is 4.66 Å². The summed E-state index contributed by atoms with van der Waals surface area (Å²) >= 11 is 0. The van der Waals surface area contributed by atoms with Crippen molar-refractivity contribution in [1.29, 1.82) is 0 Å². The molecular weight excluding hydrogens is 284 g/mol. The third-order valence-electron chi connectivity index (χ3n) is 5.34. The van der Waals surface area contributed by atoms with Crippen molar-refractivity contribution in [1.82, 2.24) is 0 Å². The molecule has 112 valence electrons. The van der Waals surface area contributed by atoms with Gasteiger partial charge < -0.3 is 0 Å². The maximum atomic E-state index is 4.04. The molecule has 1 aliphatic rings. The molecule has 0 bridgehead atoms. The Balaban J connectivity index is 2.71. The van der Waals surface area contributed by atoms with E-state index in [-0.39, 0.29) is 4.66 Å². The van der Waals surface area contributed by atoms with E-state index in [4.69, 9.17) is 0 Å². The van der Waals surface area contributed by atoms with Crippen LogP contribution in [-0.4, -0.2) is 16.1 Å². The minimum absolute atomic E-state index is 0.277. The predicted molar refractivity (Wildman–Crippen MR) is 102 cm³/mol. The summed E-state index contributed by atoms with van der Waals surface area (Å²) in [4.78, 5) is 0. The van der Waals surface area contributed by atoms with E-state index in [1.807, 2.05) is 0 Å². The van der Waals surface area contributed by atoms with Gasteiger partial charge in [0.05, 0.1) is 16.1 Å². The molecule has 2 rings (SSSR count). The molecule has 0 amide bonds. The molecule has 0 aliphatic heterocycles. The van der Waals surface area contributed by atoms with Crippen LogP contribution in [0.5, 0.6) is 0 Å². The first-order valence-corrected chi connectivity index (χ1v) is 14.2. The van der Waals surface area contributed by atoms with E-state index in [9.17, 15) is 0 Å². The van der Waals surface area contributed by atoms with Crippen molar-refractivity contribution in [2.24, 2.45) is 0 Å². The second kappa shape index (κ2) is 5.58. The summed E-state index contributed by atoms with van der Waals surface area (Å²) in [6.07, 6.45) is 9.20. The standard InChI is InChI=1S/C19H28Si2/c1-7-15-20(3,4)19(21(5,6)16-8-2)14-13-17-11-9-10-12-18(17)19/h7-14H,1-2,15-16H2,3-6H3. The van der Waals surface area contributed by atoms with Gasteiger partial charge in [-0.15, -0.1) is 13.2 Å². The minimum Gasteiger partial charge on any atom is -0.103 e. The summed E-state index contributed by atoms with van der Waals surface area (Å²) in [5, 5.41) is 0. The first kappa shape index (κ1) is 16.2. The van der Waals surface area contributed by atoms with Crippen molar-refractivity contribution in [2.75, 3.05) is 0 Å². The average molecular weight is 313 g/mol. The van der Waals surface area contributed by atoms with Crippen molar-refractivity contribution in [3.8, 4) is 0 Å². The van der Waals surface area contributed by atoms with Crippen molar-refractivity contribution in [2.45, 2.75) is 42.9 Å². The molecular formula is C19H28Si2. The van der Waals surface area contributed by atoms with Gasteiger partial charge in [0.1, 0.15) is 0 Å². The monoisotopic (exact) mass is 312 g/mol. The summed E-state index contributed by atoms with van der Waals surface area (Å²) in [6.45, 7) is 18.2. The van der Waals surface area contributed by atoms with Crippen molar-refractivity contribution in [3.05, 3.63) is 66.8 Å². The molecule has 0 nitrogen and oxygen atoms in total. The van der Waals surface area contributed by atoms with Crippen molar-refractivity contribution >= 4 is 22.2 Å². The highest BCUT2D eigenvalue weighted by atomic mass is 28.4. The van der Waals surface area contributed by atoms with Gasteiger partial charge in [0.2, 0.25) is 0 Å². The molecule has 1 aromatic carbocycles. The third-order valence-corrected chi connectivity index (χ3v) is 17.2. The van der Waals surface area contributed by atoms with E-state index >= 15 is 0 Å². The molecule has 0 saturated heterocycles. The second-order valence-corrected chi connectivity index (χ2v) is 17.9. The summed E-state index contributed by atoms with van der Waals surface area (Å²) in [5.41, 5.74) is 2.99. The minimum atomic E-state index is -1.54. The smallest absolute Gasteiger partial charge is 0.0638 e. The third kappa shape index (κ3) is 2.34. The van der Waals surface area contributed by atoms with E-state index in [2.05, 4.69) is 87.9 Å². The molecule has 1 aromatic rings. The normalized spacial score (nSPS) is 16.6. The Bertz CT molecular complexity index is 557. The number of fused-ring (bicyclic) bond motifs is 1. The van der Waals surface area contributed by atoms with Crippen LogP contribution < -0.4 is 0 Å². The summed E-state index contributed by atoms with van der Waals surface area (Å²) < 4.78 is 0.277. The van der Waals surface area contributed by atoms with E-state index in [0.29, 0.717) is 0 Å². The zero-order chi connectivity index (χ0) is 15.7. The summed E-state index contributed by atoms with van der Waals surface area (Å²) in [6, 6.07) is 11.3. The quantitative estimate of drug-likeness (QED) is 0.459. The van der Waals surface area contributed by atoms with Crippen LogP contribution in [0.2, 0.25) is 38.3 Å². The number of rotatable bonds is 6. The molecule has 0 radical (unpaired) electrons. The zero-order valence-corrected chi connectivity index (χ0v) is 15.9. The first-order valence-electron chi connectivity index (χ1n) is 7.83. The molecule has 1 aliphatic carbocycles. The lowest BCUT2D eigenvalue weighted by Crippen LogP contribution is -2.64. The first-order chi connectivity index (χ1) is 9.82. The van der Waals surface area contributed by atoms with E-state index in [1.165, 1.54) is 17.7 Å². The topological polar surface area (TPSA) is 0 Å². The molecule has 0 fully saturated rings. The molecule has 0 saturated carbocycles. The summed E-state index contributed by atoms with van der Waals surface area (Å²) in [5.74, 6) is 0. The maximum Gasteiger partial charge on any atom is 0.0638 e. The molecule has 0 unspecified atom stereocenters. The molecule has 21 heavy (non-hydrogen) atoms. The van der Waals surface area contributed by atoms with Crippen LogP contribution in [0.4, 0.5) is 0 Å². The fourth-order valence-electron chi connectivity index (χ4n) is 4.45. The highest BCUT2D eigenvalue weighted by Gasteiger charge is 2.57. The van der Waals surface area contributed by atoms with Gasteiger partial charge in [-0.2, -0.15) is 0 Å². The van der Waals surface area contributed by atoms with Crippen LogP contribution in [0, 0.1) is 0 Å². The van der Waals surface area contributed by atoms with Crippen molar-refractivity contribution < 1.29 is 0 Å². The lowest BCUT2D eigenvalue weighted by Gasteiger charge is -2.52. The Morgan fingerprint density at radius 2 is 1.48 bits per heavy atom. The van der Waals surface area contributed by atoms with Gasteiger partial charge in [-0.3, -0.25) is 0 Å². The fraction of sp³-hybridized carbons (Fsp3) is 0.368. The highest BCUT2D eigenvalue weighted by Crippen LogP contribution is 2.51. The number of allylic oxidation sites excluding steroid dienone is 3. The second-order valence-electron chi connectivity index (χ2n) is 7.48. The largest absolute Gasteiger partial charge is 0.103 e. The van der Waals surface area contributed by atoms with E-state index in [0.717, 1.165) is 0 Å². The van der Waals surface area contributed by atoms with Crippen LogP contribution in [0.15, 0.2) is 55.7 Å². The van der Waals surface area contributed by atoms with Gasteiger partial charge in [-0.1, -0.05) is 74.8 Å². The number of benzene rings is 1. The molecule has 0 aromatic heterocycles. The van der Waals surface area contributed by atoms with Crippen LogP contribution in [-0.2, 0) is 4.66 Å². The Morgan fingerprint density at radius 3 is 2.00 bits per heavy atom. The van der Waals surface area contributed by atoms with Crippen LogP contribution in [0.3, 0.4) is 0 Å². The van der Waals surface area contributed by atoms with Gasteiger partial charge in [0.25, 0.3) is 0 Å². The average Bonchev–Trinajstić information content (AvgIpc) is 2.80. The SMILES string of the molecule is C=CC[Si](C)(C)C1([Si](C)(C)CC=C)C=Cc2ccccc21. The highest BCUT2D eigenvalue weighted by molar-refractivity contribution is 7.00. The van der Waals surface area contributed by atoms with Crippen LogP contribution >= 0.6 is 0 Å². The Kier molecular flexibility index (Phi) is 4.32. The molecule has 0 heterocycles. The lowest BCUT2D eigenvalue weighted by atomic mass is 10.1. The van der Waals surface area contributed by atoms with Gasteiger partial charge in [0.15, 0.2) is 0 Å². The maximum absolute atomic E-state index is 4.04. The summed E-state index contributed by atoms with van der Waals surface area (Å²) in [7, 11) is -3.07. The molecule has 0 N–H and O–H groups in total.